The van der Waals surface area contributed by atoms with Crippen LogP contribution in [0, 0.1) is 22.9 Å². The number of fused-ring (bicyclic) bond motifs is 1. The summed E-state index contributed by atoms with van der Waals surface area (Å²) in [6.07, 6.45) is 0.965. The first-order valence-corrected chi connectivity index (χ1v) is 4.78. The maximum Gasteiger partial charge on any atom is 0.306 e. The molecule has 0 aliphatic rings. The highest BCUT2D eigenvalue weighted by atomic mass is 35.5. The number of hydrogen-bond acceptors (Lipinski definition) is 3. The lowest BCUT2D eigenvalue weighted by Gasteiger charge is -2.03. The minimum Gasteiger partial charge on any atom is -0.258 e. The van der Waals surface area contributed by atoms with Gasteiger partial charge in [-0.1, -0.05) is 23.7 Å². The molecule has 0 radical (unpaired) electrons. The molecule has 2 aromatic rings. The second-order valence-corrected chi connectivity index (χ2v) is 3.69. The number of hydrogen-bond donors (Lipinski definition) is 0. The molecule has 16 heavy (non-hydrogen) atoms. The first-order valence-electron chi connectivity index (χ1n) is 4.40. The van der Waals surface area contributed by atoms with Crippen LogP contribution in [0.3, 0.4) is 0 Å². The average Bonchev–Trinajstić information content (AvgIpc) is 2.23. The molecule has 0 aliphatic carbocycles. The predicted octanol–water partition coefficient (Wildman–Crippen LogP) is 3.24. The molecule has 82 valence electrons. The SMILES string of the molecule is Cc1ccc2c(Cl)c([N+](=O)[O-])cnc2c1F. The minimum atomic E-state index is -0.646. The molecule has 0 bridgehead atoms. The second kappa shape index (κ2) is 3.68. The van der Waals surface area contributed by atoms with Gasteiger partial charge in [0.25, 0.3) is 0 Å². The highest BCUT2D eigenvalue weighted by Gasteiger charge is 2.18. The molecule has 1 aromatic carbocycles. The zero-order valence-electron chi connectivity index (χ0n) is 8.20. The van der Waals surface area contributed by atoms with Gasteiger partial charge in [0, 0.05) is 5.39 Å². The molecule has 0 atom stereocenters. The largest absolute Gasteiger partial charge is 0.306 e. The summed E-state index contributed by atoms with van der Waals surface area (Å²) >= 11 is 5.81. The Balaban J connectivity index is 2.87. The fraction of sp³-hybridized carbons (Fsp3) is 0.100. The van der Waals surface area contributed by atoms with E-state index in [0.29, 0.717) is 5.56 Å². The Morgan fingerprint density at radius 3 is 2.81 bits per heavy atom. The summed E-state index contributed by atoms with van der Waals surface area (Å²) in [7, 11) is 0. The molecule has 0 amide bonds. The van der Waals surface area contributed by atoms with Crippen molar-refractivity contribution in [2.75, 3.05) is 0 Å². The van der Waals surface area contributed by atoms with Crippen LogP contribution in [0.4, 0.5) is 10.1 Å². The summed E-state index contributed by atoms with van der Waals surface area (Å²) in [5.74, 6) is -0.505. The van der Waals surface area contributed by atoms with E-state index in [1.165, 1.54) is 12.1 Å². The van der Waals surface area contributed by atoms with Crippen LogP contribution < -0.4 is 0 Å². The summed E-state index contributed by atoms with van der Waals surface area (Å²) < 4.78 is 13.6. The van der Waals surface area contributed by atoms with Gasteiger partial charge in [0.2, 0.25) is 0 Å². The van der Waals surface area contributed by atoms with E-state index in [1.807, 2.05) is 0 Å². The fourth-order valence-electron chi connectivity index (χ4n) is 1.42. The van der Waals surface area contributed by atoms with E-state index in [4.69, 9.17) is 11.6 Å². The molecule has 1 aromatic heterocycles. The second-order valence-electron chi connectivity index (χ2n) is 3.31. The Morgan fingerprint density at radius 2 is 2.19 bits per heavy atom. The van der Waals surface area contributed by atoms with Crippen molar-refractivity contribution in [3.05, 3.63) is 44.8 Å². The number of benzene rings is 1. The van der Waals surface area contributed by atoms with Crippen LogP contribution in [-0.4, -0.2) is 9.91 Å². The predicted molar refractivity (Wildman–Crippen MR) is 58.1 cm³/mol. The first kappa shape index (κ1) is 10.8. The molecule has 4 nitrogen and oxygen atoms in total. The van der Waals surface area contributed by atoms with Crippen LogP contribution in [0.25, 0.3) is 10.9 Å². The molecule has 0 fully saturated rings. The monoisotopic (exact) mass is 240 g/mol. The van der Waals surface area contributed by atoms with Gasteiger partial charge in [-0.2, -0.15) is 0 Å². The fourth-order valence-corrected chi connectivity index (χ4v) is 1.69. The maximum absolute atomic E-state index is 13.6. The molecular formula is C10H6ClFN2O2. The van der Waals surface area contributed by atoms with Gasteiger partial charge < -0.3 is 0 Å². The summed E-state index contributed by atoms with van der Waals surface area (Å²) in [6, 6.07) is 3.03. The molecule has 0 saturated heterocycles. The van der Waals surface area contributed by atoms with Gasteiger partial charge >= 0.3 is 5.69 Å². The zero-order chi connectivity index (χ0) is 11.9. The average molecular weight is 241 g/mol. The lowest BCUT2D eigenvalue weighted by atomic mass is 10.1. The third-order valence-corrected chi connectivity index (χ3v) is 2.68. The van der Waals surface area contributed by atoms with Gasteiger partial charge in [0.05, 0.1) is 4.92 Å². The van der Waals surface area contributed by atoms with Crippen molar-refractivity contribution in [3.8, 4) is 0 Å². The Hall–Kier alpha value is -1.75. The van der Waals surface area contributed by atoms with E-state index in [0.717, 1.165) is 6.20 Å². The van der Waals surface area contributed by atoms with Crippen molar-refractivity contribution in [1.29, 1.82) is 0 Å². The Morgan fingerprint density at radius 1 is 1.50 bits per heavy atom. The van der Waals surface area contributed by atoms with Crippen molar-refractivity contribution in [2.24, 2.45) is 0 Å². The number of halogens is 2. The molecule has 0 N–H and O–H groups in total. The van der Waals surface area contributed by atoms with E-state index in [1.54, 1.807) is 6.92 Å². The van der Waals surface area contributed by atoms with Crippen LogP contribution in [0.1, 0.15) is 5.56 Å². The molecule has 6 heteroatoms. The summed E-state index contributed by atoms with van der Waals surface area (Å²) in [5.41, 5.74) is 0.151. The van der Waals surface area contributed by atoms with Gasteiger partial charge in [-0.25, -0.2) is 9.37 Å². The van der Waals surface area contributed by atoms with Crippen molar-refractivity contribution in [2.45, 2.75) is 6.92 Å². The highest BCUT2D eigenvalue weighted by Crippen LogP contribution is 2.32. The lowest BCUT2D eigenvalue weighted by molar-refractivity contribution is -0.384. The third-order valence-electron chi connectivity index (χ3n) is 2.28. The Labute approximate surface area is 94.8 Å². The lowest BCUT2D eigenvalue weighted by Crippen LogP contribution is -1.94. The standard InChI is InChI=1S/C10H6ClFN2O2/c1-5-2-3-6-8(11)7(14(15)16)4-13-10(6)9(5)12/h2-4H,1H3. The maximum atomic E-state index is 13.6. The number of nitrogens with zero attached hydrogens (tertiary/aromatic N) is 2. The van der Waals surface area contributed by atoms with Gasteiger partial charge in [0.15, 0.2) is 5.82 Å². The van der Waals surface area contributed by atoms with Gasteiger partial charge in [-0.3, -0.25) is 10.1 Å². The summed E-state index contributed by atoms with van der Waals surface area (Å²) in [6.45, 7) is 1.59. The zero-order valence-corrected chi connectivity index (χ0v) is 8.95. The summed E-state index contributed by atoms with van der Waals surface area (Å²) in [5, 5.41) is 10.8. The highest BCUT2D eigenvalue weighted by molar-refractivity contribution is 6.37. The quantitative estimate of drug-likeness (QED) is 0.568. The smallest absolute Gasteiger partial charge is 0.258 e. The van der Waals surface area contributed by atoms with E-state index in [9.17, 15) is 14.5 Å². The van der Waals surface area contributed by atoms with E-state index < -0.39 is 10.7 Å². The topological polar surface area (TPSA) is 56.0 Å². The van der Waals surface area contributed by atoms with Crippen LogP contribution in [0.15, 0.2) is 18.3 Å². The number of aryl methyl sites for hydroxylation is 1. The van der Waals surface area contributed by atoms with Crippen LogP contribution >= 0.6 is 11.6 Å². The van der Waals surface area contributed by atoms with E-state index in [2.05, 4.69) is 4.98 Å². The number of nitro groups is 1. The molecule has 1 heterocycles. The third kappa shape index (κ3) is 1.49. The first-order chi connectivity index (χ1) is 7.52. The van der Waals surface area contributed by atoms with Crippen molar-refractivity contribution in [1.82, 2.24) is 4.98 Å². The van der Waals surface area contributed by atoms with Crippen LogP contribution in [0.5, 0.6) is 0 Å². The Kier molecular flexibility index (Phi) is 2.47. The van der Waals surface area contributed by atoms with Crippen LogP contribution in [-0.2, 0) is 0 Å². The molecule has 0 spiro atoms. The number of rotatable bonds is 1. The molecular weight excluding hydrogens is 235 g/mol. The molecule has 0 saturated carbocycles. The van der Waals surface area contributed by atoms with E-state index in [-0.39, 0.29) is 21.6 Å². The Bertz CT molecular complexity index is 601. The van der Waals surface area contributed by atoms with Crippen LogP contribution in [0.2, 0.25) is 5.02 Å². The summed E-state index contributed by atoms with van der Waals surface area (Å²) in [4.78, 5) is 13.7. The number of aromatic nitrogens is 1. The van der Waals surface area contributed by atoms with E-state index >= 15 is 0 Å². The van der Waals surface area contributed by atoms with Crippen molar-refractivity contribution < 1.29 is 9.31 Å². The molecule has 0 unspecified atom stereocenters. The van der Waals surface area contributed by atoms with Gasteiger partial charge in [-0.15, -0.1) is 0 Å². The van der Waals surface area contributed by atoms with Crippen molar-refractivity contribution >= 4 is 28.2 Å². The van der Waals surface area contributed by atoms with Gasteiger partial charge in [-0.05, 0) is 12.5 Å². The molecule has 0 aliphatic heterocycles. The van der Waals surface area contributed by atoms with Crippen molar-refractivity contribution in [3.63, 3.8) is 0 Å². The molecule has 2 rings (SSSR count). The number of pyridine rings is 1. The normalized spacial score (nSPS) is 10.7. The van der Waals surface area contributed by atoms with Gasteiger partial charge in [0.1, 0.15) is 16.7 Å². The minimum absolute atomic E-state index is 0.0515.